The Kier molecular flexibility index (Phi) is 6.87. The lowest BCUT2D eigenvalue weighted by atomic mass is 10.0. The van der Waals surface area contributed by atoms with Gasteiger partial charge in [0.15, 0.2) is 11.5 Å². The number of ketones is 1. The second-order valence-corrected chi connectivity index (χ2v) is 10.3. The summed E-state index contributed by atoms with van der Waals surface area (Å²) in [6, 6.07) is 16.7. The van der Waals surface area contributed by atoms with Gasteiger partial charge in [-0.15, -0.1) is 5.10 Å². The number of aryl methyl sites for hydroxylation is 1. The molecule has 0 aliphatic heterocycles. The third-order valence-electron chi connectivity index (χ3n) is 6.30. The summed E-state index contributed by atoms with van der Waals surface area (Å²) in [5, 5.41) is 5.86. The molecule has 0 saturated carbocycles. The van der Waals surface area contributed by atoms with E-state index in [0.29, 0.717) is 44.3 Å². The Morgan fingerprint density at radius 1 is 1.05 bits per heavy atom. The molecule has 11 heteroatoms. The third kappa shape index (κ3) is 5.11. The van der Waals surface area contributed by atoms with Crippen LogP contribution in [-0.4, -0.2) is 39.6 Å². The molecule has 4 heterocycles. The lowest BCUT2D eigenvalue weighted by molar-refractivity contribution is 0.0992. The highest BCUT2D eigenvalue weighted by atomic mass is 35.5. The summed E-state index contributed by atoms with van der Waals surface area (Å²) in [5.41, 5.74) is 4.19. The summed E-state index contributed by atoms with van der Waals surface area (Å²) >= 11 is 7.54. The van der Waals surface area contributed by atoms with Crippen LogP contribution in [0.15, 0.2) is 65.2 Å². The summed E-state index contributed by atoms with van der Waals surface area (Å²) in [4.78, 5) is 22.3. The minimum atomic E-state index is -0.0937. The van der Waals surface area contributed by atoms with E-state index in [2.05, 4.69) is 15.1 Å². The number of nitrogens with zero attached hydrogens (tertiary/aromatic N) is 4. The molecule has 0 radical (unpaired) electrons. The molecule has 0 unspecified atom stereocenters. The van der Waals surface area contributed by atoms with E-state index in [1.165, 1.54) is 11.3 Å². The van der Waals surface area contributed by atoms with Crippen LogP contribution >= 0.6 is 22.9 Å². The van der Waals surface area contributed by atoms with E-state index in [4.69, 9.17) is 30.2 Å². The van der Waals surface area contributed by atoms with Gasteiger partial charge in [-0.1, -0.05) is 35.9 Å². The fraction of sp³-hybridized carbons (Fsp3) is 0.172. The average Bonchev–Trinajstić information content (AvgIpc) is 3.64. The van der Waals surface area contributed by atoms with Crippen LogP contribution in [0, 0.1) is 6.92 Å². The molecule has 40 heavy (non-hydrogen) atoms. The number of halogens is 1. The molecular weight excluding hydrogens is 552 g/mol. The van der Waals surface area contributed by atoms with Crippen molar-refractivity contribution in [1.29, 1.82) is 0 Å². The van der Waals surface area contributed by atoms with Crippen LogP contribution in [0.3, 0.4) is 0 Å². The van der Waals surface area contributed by atoms with E-state index in [0.717, 1.165) is 22.2 Å². The number of ether oxygens (including phenoxy) is 3. The molecule has 6 aromatic rings. The van der Waals surface area contributed by atoms with E-state index in [1.54, 1.807) is 37.1 Å². The van der Waals surface area contributed by atoms with Crippen LogP contribution in [0.4, 0.5) is 0 Å². The van der Waals surface area contributed by atoms with E-state index in [9.17, 15) is 4.79 Å². The van der Waals surface area contributed by atoms with Crippen LogP contribution in [0.5, 0.6) is 16.7 Å². The summed E-state index contributed by atoms with van der Waals surface area (Å²) in [6.45, 7) is 2.11. The molecule has 6 rings (SSSR count). The van der Waals surface area contributed by atoms with Gasteiger partial charge in [-0.25, -0.2) is 14.5 Å². The fourth-order valence-electron chi connectivity index (χ4n) is 4.33. The van der Waals surface area contributed by atoms with Crippen molar-refractivity contribution < 1.29 is 23.4 Å². The molecule has 9 nitrogen and oxygen atoms in total. The lowest BCUT2D eigenvalue weighted by Crippen LogP contribution is -2.06. The number of Topliss-reactive ketones (excluding diaryl/α,β-unsaturated/α-hetero) is 1. The monoisotopic (exact) mass is 574 g/mol. The highest BCUT2D eigenvalue weighted by Crippen LogP contribution is 2.37. The second kappa shape index (κ2) is 10.6. The number of fused-ring (bicyclic) bond motifs is 2. The molecule has 0 amide bonds. The zero-order chi connectivity index (χ0) is 27.8. The molecule has 0 aliphatic carbocycles. The predicted molar refractivity (Wildman–Crippen MR) is 152 cm³/mol. The number of methoxy groups -OCH3 is 2. The highest BCUT2D eigenvalue weighted by molar-refractivity contribution is 7.18. The zero-order valence-electron chi connectivity index (χ0n) is 21.8. The van der Waals surface area contributed by atoms with Gasteiger partial charge < -0.3 is 18.6 Å². The molecule has 202 valence electrons. The van der Waals surface area contributed by atoms with E-state index < -0.39 is 0 Å². The first-order valence-corrected chi connectivity index (χ1v) is 13.5. The predicted octanol–water partition coefficient (Wildman–Crippen LogP) is 6.58. The van der Waals surface area contributed by atoms with E-state index in [1.807, 2.05) is 49.4 Å². The third-order valence-corrected chi connectivity index (χ3v) is 7.47. The van der Waals surface area contributed by atoms with E-state index in [-0.39, 0.29) is 24.0 Å². The highest BCUT2D eigenvalue weighted by Gasteiger charge is 2.18. The van der Waals surface area contributed by atoms with Gasteiger partial charge in [0, 0.05) is 24.2 Å². The van der Waals surface area contributed by atoms with Crippen molar-refractivity contribution in [2.45, 2.75) is 20.0 Å². The van der Waals surface area contributed by atoms with Crippen LogP contribution in [0.1, 0.15) is 27.2 Å². The molecular formula is C29H23ClN4O5S. The van der Waals surface area contributed by atoms with Gasteiger partial charge in [-0.2, -0.15) is 0 Å². The van der Waals surface area contributed by atoms with Crippen LogP contribution in [-0.2, 0) is 13.0 Å². The Bertz CT molecular complexity index is 1840. The number of rotatable bonds is 9. The lowest BCUT2D eigenvalue weighted by Gasteiger charge is -2.10. The molecule has 0 fully saturated rings. The molecule has 0 aliphatic rings. The first kappa shape index (κ1) is 25.8. The van der Waals surface area contributed by atoms with Crippen molar-refractivity contribution in [2.75, 3.05) is 14.2 Å². The maximum absolute atomic E-state index is 12.8. The fourth-order valence-corrected chi connectivity index (χ4v) is 5.33. The van der Waals surface area contributed by atoms with Crippen molar-refractivity contribution in [3.8, 4) is 28.1 Å². The number of furan rings is 1. The largest absolute Gasteiger partial charge is 0.496 e. The smallest absolute Gasteiger partial charge is 0.294 e. The van der Waals surface area contributed by atoms with Gasteiger partial charge in [-0.3, -0.25) is 4.79 Å². The maximum Gasteiger partial charge on any atom is 0.294 e. The Labute approximate surface area is 237 Å². The minimum absolute atomic E-state index is 0.0937. The SMILES string of the molecule is COc1cc(OCc2cccc(CC(=O)c3ccc(C)nc3Cl)c2)c2cc(-c3cn4nc(OC)sc4n3)oc2c1. The van der Waals surface area contributed by atoms with Gasteiger partial charge in [0.05, 0.1) is 31.4 Å². The van der Waals surface area contributed by atoms with Gasteiger partial charge in [0.1, 0.15) is 34.5 Å². The Hall–Kier alpha value is -4.41. The number of carbonyl (C=O) groups is 1. The van der Waals surface area contributed by atoms with Crippen LogP contribution in [0.2, 0.25) is 5.15 Å². The first-order valence-electron chi connectivity index (χ1n) is 12.3. The number of aromatic nitrogens is 4. The van der Waals surface area contributed by atoms with Crippen molar-refractivity contribution in [3.63, 3.8) is 0 Å². The van der Waals surface area contributed by atoms with Gasteiger partial charge in [0.2, 0.25) is 4.96 Å². The Morgan fingerprint density at radius 3 is 2.67 bits per heavy atom. The van der Waals surface area contributed by atoms with Crippen LogP contribution < -0.4 is 14.2 Å². The molecule has 0 N–H and O–H groups in total. The minimum Gasteiger partial charge on any atom is -0.496 e. The Morgan fingerprint density at radius 2 is 1.90 bits per heavy atom. The quantitative estimate of drug-likeness (QED) is 0.141. The summed E-state index contributed by atoms with van der Waals surface area (Å²) in [6.07, 6.45) is 1.99. The number of hydrogen-bond donors (Lipinski definition) is 0. The molecule has 2 aromatic carbocycles. The average molecular weight is 575 g/mol. The van der Waals surface area contributed by atoms with Gasteiger partial charge >= 0.3 is 0 Å². The zero-order valence-corrected chi connectivity index (χ0v) is 23.4. The molecule has 4 aromatic heterocycles. The topological polar surface area (TPSA) is 101 Å². The normalized spacial score (nSPS) is 11.3. The van der Waals surface area contributed by atoms with Crippen LogP contribution in [0.25, 0.3) is 27.4 Å². The molecule has 0 bridgehead atoms. The number of carbonyl (C=O) groups excluding carboxylic acids is 1. The second-order valence-electron chi connectivity index (χ2n) is 9.07. The Balaban J connectivity index is 1.23. The summed E-state index contributed by atoms with van der Waals surface area (Å²) < 4.78 is 24.7. The molecule has 0 spiro atoms. The summed E-state index contributed by atoms with van der Waals surface area (Å²) in [5.74, 6) is 1.69. The van der Waals surface area contributed by atoms with Crippen molar-refractivity contribution in [3.05, 3.63) is 88.3 Å². The first-order chi connectivity index (χ1) is 19.4. The van der Waals surface area contributed by atoms with Gasteiger partial charge in [-0.05, 0) is 47.6 Å². The number of imidazole rings is 1. The standard InChI is InChI=1S/C29H23ClN4O5S/c1-16-7-8-20(27(30)31-16)23(35)10-17-5-4-6-18(9-17)15-38-24-11-19(36-2)12-25-21(24)13-26(39-25)22-14-34-28(32-22)40-29(33-34)37-3/h4-9,11-14H,10,15H2,1-3H3. The maximum atomic E-state index is 12.8. The van der Waals surface area contributed by atoms with Crippen molar-refractivity contribution in [1.82, 2.24) is 19.6 Å². The number of hydrogen-bond acceptors (Lipinski definition) is 9. The summed E-state index contributed by atoms with van der Waals surface area (Å²) in [7, 11) is 3.16. The van der Waals surface area contributed by atoms with E-state index >= 15 is 0 Å². The number of pyridine rings is 1. The van der Waals surface area contributed by atoms with Crippen molar-refractivity contribution in [2.24, 2.45) is 0 Å². The number of benzene rings is 2. The van der Waals surface area contributed by atoms with Crippen molar-refractivity contribution >= 4 is 44.7 Å². The molecule has 0 saturated heterocycles. The van der Waals surface area contributed by atoms with Gasteiger partial charge in [0.25, 0.3) is 5.19 Å². The molecule has 0 atom stereocenters.